The van der Waals surface area contributed by atoms with Crippen molar-refractivity contribution in [3.8, 4) is 0 Å². The van der Waals surface area contributed by atoms with Crippen molar-refractivity contribution in [2.24, 2.45) is 23.5 Å². The van der Waals surface area contributed by atoms with Crippen molar-refractivity contribution in [1.82, 2.24) is 15.9 Å². The number of carboxylic acids is 1. The molecule has 2 amide bonds. The Labute approximate surface area is 166 Å². The Balaban J connectivity index is 3.34. The number of guanidine groups is 1. The third-order valence-electron chi connectivity index (χ3n) is 5.43. The van der Waals surface area contributed by atoms with Crippen LogP contribution in [0.2, 0.25) is 0 Å². The fraction of sp³-hybridized carbons (Fsp3) is 0.765. The van der Waals surface area contributed by atoms with Gasteiger partial charge in [-0.1, -0.05) is 26.7 Å². The standard InChI is InChI=1S/C17H32BN5O5/c1-4-9(5-2)14(21-8(3)24)13-11(22-17(19)20)6-10(16(26)27)15(13)28-7-12(25)23-18/h9-11,13-15H,4-7,18H2,1-3H3,(H,21,24)(H,23,25)(H,26,27)(H4,19,20,22)/t10-,11+,13+,14+,15+/m0/s1. The highest BCUT2D eigenvalue weighted by Gasteiger charge is 2.52. The highest BCUT2D eigenvalue weighted by molar-refractivity contribution is 6.14. The highest BCUT2D eigenvalue weighted by Crippen LogP contribution is 2.39. The predicted molar refractivity (Wildman–Crippen MR) is 106 cm³/mol. The molecule has 0 aromatic heterocycles. The molecule has 0 bridgehead atoms. The number of amides is 2. The second kappa shape index (κ2) is 10.9. The maximum Gasteiger partial charge on any atom is 0.309 e. The number of carbonyl (C=O) groups excluding carboxylic acids is 2. The van der Waals surface area contributed by atoms with E-state index in [1.54, 1.807) is 0 Å². The van der Waals surface area contributed by atoms with E-state index in [-0.39, 0.29) is 42.8 Å². The molecule has 158 valence electrons. The van der Waals surface area contributed by atoms with Gasteiger partial charge in [0.25, 0.3) is 0 Å². The van der Waals surface area contributed by atoms with Crippen LogP contribution in [0.1, 0.15) is 40.0 Å². The van der Waals surface area contributed by atoms with Crippen molar-refractivity contribution in [2.75, 3.05) is 6.61 Å². The summed E-state index contributed by atoms with van der Waals surface area (Å²) in [6.07, 6.45) is 0.896. The molecule has 0 aromatic carbocycles. The molecule has 10 nitrogen and oxygen atoms in total. The lowest BCUT2D eigenvalue weighted by molar-refractivity contribution is -0.149. The van der Waals surface area contributed by atoms with Gasteiger partial charge >= 0.3 is 5.97 Å². The molecule has 1 rings (SSSR count). The molecule has 0 radical (unpaired) electrons. The van der Waals surface area contributed by atoms with Crippen LogP contribution >= 0.6 is 0 Å². The number of carbonyl (C=O) groups is 3. The summed E-state index contributed by atoms with van der Waals surface area (Å²) in [5, 5.41) is 25.5. The number of aliphatic carboxylic acids is 1. The van der Waals surface area contributed by atoms with Gasteiger partial charge in [0, 0.05) is 24.9 Å². The molecule has 0 aromatic rings. The molecule has 5 atom stereocenters. The van der Waals surface area contributed by atoms with E-state index >= 15 is 0 Å². The first-order chi connectivity index (χ1) is 13.2. The van der Waals surface area contributed by atoms with Gasteiger partial charge in [-0.2, -0.15) is 0 Å². The summed E-state index contributed by atoms with van der Waals surface area (Å²) in [5.74, 6) is -3.22. The normalized spacial score (nSPS) is 25.1. The summed E-state index contributed by atoms with van der Waals surface area (Å²) >= 11 is 0. The van der Waals surface area contributed by atoms with Gasteiger partial charge in [-0.05, 0) is 12.3 Å². The van der Waals surface area contributed by atoms with Crippen LogP contribution in [0.5, 0.6) is 0 Å². The van der Waals surface area contributed by atoms with Crippen LogP contribution in [-0.2, 0) is 19.1 Å². The number of hydrogen-bond acceptors (Lipinski definition) is 5. The Hall–Kier alpha value is -2.30. The summed E-state index contributed by atoms with van der Waals surface area (Å²) in [6.45, 7) is 5.12. The Kier molecular flexibility index (Phi) is 9.23. The van der Waals surface area contributed by atoms with Crippen molar-refractivity contribution in [1.29, 1.82) is 5.41 Å². The van der Waals surface area contributed by atoms with E-state index < -0.39 is 30.0 Å². The summed E-state index contributed by atoms with van der Waals surface area (Å²) in [5.41, 5.74) is 5.52. The summed E-state index contributed by atoms with van der Waals surface area (Å²) in [7, 11) is 1.47. The molecular weight excluding hydrogens is 365 g/mol. The van der Waals surface area contributed by atoms with Gasteiger partial charge in [0.2, 0.25) is 19.8 Å². The zero-order valence-electron chi connectivity index (χ0n) is 17.0. The zero-order chi connectivity index (χ0) is 21.4. The lowest BCUT2D eigenvalue weighted by Gasteiger charge is -2.38. The van der Waals surface area contributed by atoms with Gasteiger partial charge in [0.15, 0.2) is 5.96 Å². The first-order valence-electron chi connectivity index (χ1n) is 9.58. The van der Waals surface area contributed by atoms with Gasteiger partial charge in [-0.3, -0.25) is 19.8 Å². The molecule has 7 N–H and O–H groups in total. The van der Waals surface area contributed by atoms with Gasteiger partial charge in [0.1, 0.15) is 6.61 Å². The summed E-state index contributed by atoms with van der Waals surface area (Å²) < 4.78 is 5.76. The third kappa shape index (κ3) is 6.11. The van der Waals surface area contributed by atoms with Crippen LogP contribution < -0.4 is 21.6 Å². The minimum absolute atomic E-state index is 0.0730. The molecule has 1 fully saturated rings. The lowest BCUT2D eigenvalue weighted by Crippen LogP contribution is -2.55. The Morgan fingerprint density at radius 1 is 1.32 bits per heavy atom. The maximum atomic E-state index is 11.9. The average molecular weight is 397 g/mol. The summed E-state index contributed by atoms with van der Waals surface area (Å²) in [4.78, 5) is 35.4. The van der Waals surface area contributed by atoms with Crippen molar-refractivity contribution in [3.05, 3.63) is 0 Å². The maximum absolute atomic E-state index is 11.9. The zero-order valence-corrected chi connectivity index (χ0v) is 17.0. The molecule has 28 heavy (non-hydrogen) atoms. The van der Waals surface area contributed by atoms with Gasteiger partial charge in [0.05, 0.1) is 12.0 Å². The van der Waals surface area contributed by atoms with Crippen LogP contribution in [0, 0.1) is 23.2 Å². The Morgan fingerprint density at radius 2 is 1.93 bits per heavy atom. The SMILES string of the molecule is BNC(=O)CO[C@H]1[C@@H]([C@H](NC(C)=O)C(CC)CC)[C@H](NC(=N)N)C[C@@H]1C(=O)O. The quantitative estimate of drug-likeness (QED) is 0.149. The third-order valence-corrected chi connectivity index (χ3v) is 5.43. The second-order valence-electron chi connectivity index (χ2n) is 7.17. The fourth-order valence-corrected chi connectivity index (χ4v) is 4.14. The van der Waals surface area contributed by atoms with Crippen LogP contribution in [0.25, 0.3) is 0 Å². The van der Waals surface area contributed by atoms with E-state index in [0.29, 0.717) is 0 Å². The van der Waals surface area contributed by atoms with E-state index in [1.807, 2.05) is 13.8 Å². The largest absolute Gasteiger partial charge is 0.481 e. The molecule has 0 heterocycles. The topological polar surface area (TPSA) is 167 Å². The smallest absolute Gasteiger partial charge is 0.309 e. The Bertz CT molecular complexity index is 586. The lowest BCUT2D eigenvalue weighted by atomic mass is 9.80. The number of hydrogen-bond donors (Lipinski definition) is 6. The molecule has 11 heteroatoms. The molecule has 1 aliphatic carbocycles. The first-order valence-corrected chi connectivity index (χ1v) is 9.58. The predicted octanol–water partition coefficient (Wildman–Crippen LogP) is -1.45. The highest BCUT2D eigenvalue weighted by atomic mass is 16.5. The van der Waals surface area contributed by atoms with Gasteiger partial charge < -0.3 is 31.4 Å². The minimum Gasteiger partial charge on any atom is -0.481 e. The van der Waals surface area contributed by atoms with Crippen molar-refractivity contribution < 1.29 is 24.2 Å². The Morgan fingerprint density at radius 3 is 2.36 bits per heavy atom. The number of rotatable bonds is 10. The van der Waals surface area contributed by atoms with Crippen LogP contribution in [0.15, 0.2) is 0 Å². The molecule has 0 saturated heterocycles. The molecule has 0 spiro atoms. The number of ether oxygens (including phenoxy) is 1. The van der Waals surface area contributed by atoms with E-state index in [1.165, 1.54) is 14.9 Å². The average Bonchev–Trinajstić information content (AvgIpc) is 2.96. The van der Waals surface area contributed by atoms with Crippen LogP contribution in [-0.4, -0.2) is 61.6 Å². The van der Waals surface area contributed by atoms with Crippen molar-refractivity contribution in [3.63, 3.8) is 0 Å². The van der Waals surface area contributed by atoms with Gasteiger partial charge in [-0.25, -0.2) is 0 Å². The molecular formula is C17H32BN5O5. The molecule has 0 aliphatic heterocycles. The van der Waals surface area contributed by atoms with Crippen LogP contribution in [0.4, 0.5) is 0 Å². The van der Waals surface area contributed by atoms with Crippen LogP contribution in [0.3, 0.4) is 0 Å². The molecule has 0 unspecified atom stereocenters. The monoisotopic (exact) mass is 397 g/mol. The van der Waals surface area contributed by atoms with E-state index in [0.717, 1.165) is 12.8 Å². The fourth-order valence-electron chi connectivity index (χ4n) is 4.14. The van der Waals surface area contributed by atoms with Crippen molar-refractivity contribution in [2.45, 2.75) is 58.2 Å². The second-order valence-corrected chi connectivity index (χ2v) is 7.17. The molecule has 1 aliphatic rings. The van der Waals surface area contributed by atoms with E-state index in [9.17, 15) is 19.5 Å². The summed E-state index contributed by atoms with van der Waals surface area (Å²) in [6, 6.07) is -0.867. The van der Waals surface area contributed by atoms with Gasteiger partial charge in [-0.15, -0.1) is 0 Å². The molecule has 1 saturated carbocycles. The number of carboxylic acid groups (broad SMARTS) is 1. The number of nitrogens with one attached hydrogen (secondary N) is 4. The first kappa shape index (κ1) is 23.7. The minimum atomic E-state index is -1.05. The van der Waals surface area contributed by atoms with E-state index in [2.05, 4.69) is 15.9 Å². The number of nitrogens with two attached hydrogens (primary N) is 1. The van der Waals surface area contributed by atoms with E-state index in [4.69, 9.17) is 15.9 Å². The van der Waals surface area contributed by atoms with Crippen molar-refractivity contribution >= 4 is 31.7 Å².